The van der Waals surface area contributed by atoms with E-state index in [-0.39, 0.29) is 0 Å². The van der Waals surface area contributed by atoms with Crippen LogP contribution in [0, 0.1) is 0 Å². The molecule has 0 unspecified atom stereocenters. The Morgan fingerprint density at radius 1 is 0.240 bits per heavy atom. The molecule has 8 aromatic carbocycles. The number of aromatic nitrogens is 2. The van der Waals surface area contributed by atoms with Crippen molar-refractivity contribution in [3.05, 3.63) is 194 Å². The maximum atomic E-state index is 2.43. The van der Waals surface area contributed by atoms with E-state index in [1.165, 1.54) is 77.0 Å². The SMILES string of the molecule is c1ccc(-c2ccc(-c3ccc(-n4c5ccccc5c5c6c7ccc(-c8ccccc8)cc7n(-c7ccccc7)c6ccc54)cc3)cc2)cc1. The number of rotatable bonds is 5. The summed E-state index contributed by atoms with van der Waals surface area (Å²) >= 11 is 0. The number of hydrogen-bond donors (Lipinski definition) is 0. The van der Waals surface area contributed by atoms with Crippen molar-refractivity contribution in [1.29, 1.82) is 0 Å². The lowest BCUT2D eigenvalue weighted by molar-refractivity contribution is 1.17. The lowest BCUT2D eigenvalue weighted by Crippen LogP contribution is -1.95. The predicted octanol–water partition coefficient (Wildman–Crippen LogP) is 12.9. The molecule has 234 valence electrons. The van der Waals surface area contributed by atoms with E-state index in [0.717, 1.165) is 11.4 Å². The van der Waals surface area contributed by atoms with E-state index in [1.807, 2.05) is 0 Å². The first-order valence-electron chi connectivity index (χ1n) is 17.2. The van der Waals surface area contributed by atoms with Gasteiger partial charge >= 0.3 is 0 Å². The summed E-state index contributed by atoms with van der Waals surface area (Å²) < 4.78 is 4.86. The van der Waals surface area contributed by atoms with E-state index in [9.17, 15) is 0 Å². The van der Waals surface area contributed by atoms with Crippen LogP contribution < -0.4 is 0 Å². The minimum Gasteiger partial charge on any atom is -0.309 e. The lowest BCUT2D eigenvalue weighted by atomic mass is 10.0. The Balaban J connectivity index is 1.17. The highest BCUT2D eigenvalue weighted by Crippen LogP contribution is 2.43. The first-order chi connectivity index (χ1) is 24.8. The first kappa shape index (κ1) is 28.4. The second-order valence-corrected chi connectivity index (χ2v) is 13.0. The fourth-order valence-corrected chi connectivity index (χ4v) is 7.80. The molecular weight excluding hydrogens is 605 g/mol. The smallest absolute Gasteiger partial charge is 0.0548 e. The van der Waals surface area contributed by atoms with Gasteiger partial charge in [-0.1, -0.05) is 146 Å². The second kappa shape index (κ2) is 11.5. The molecule has 2 heterocycles. The quantitative estimate of drug-likeness (QED) is 0.178. The molecule has 0 radical (unpaired) electrons. The molecule has 0 N–H and O–H groups in total. The van der Waals surface area contributed by atoms with E-state index < -0.39 is 0 Å². The van der Waals surface area contributed by atoms with Gasteiger partial charge in [0.2, 0.25) is 0 Å². The molecule has 0 aliphatic carbocycles. The number of nitrogens with zero attached hydrogens (tertiary/aromatic N) is 2. The number of fused-ring (bicyclic) bond motifs is 7. The van der Waals surface area contributed by atoms with Crippen molar-refractivity contribution >= 4 is 43.6 Å². The highest BCUT2D eigenvalue weighted by molar-refractivity contribution is 6.29. The van der Waals surface area contributed by atoms with Gasteiger partial charge in [0.25, 0.3) is 0 Å². The first-order valence-corrected chi connectivity index (χ1v) is 17.2. The molecule has 0 fully saturated rings. The van der Waals surface area contributed by atoms with Gasteiger partial charge in [-0.3, -0.25) is 0 Å². The molecule has 50 heavy (non-hydrogen) atoms. The van der Waals surface area contributed by atoms with E-state index in [1.54, 1.807) is 0 Å². The number of hydrogen-bond acceptors (Lipinski definition) is 0. The zero-order valence-corrected chi connectivity index (χ0v) is 27.4. The average molecular weight is 637 g/mol. The van der Waals surface area contributed by atoms with Crippen LogP contribution in [0.3, 0.4) is 0 Å². The Morgan fingerprint density at radius 3 is 1.24 bits per heavy atom. The van der Waals surface area contributed by atoms with Crippen LogP contribution >= 0.6 is 0 Å². The highest BCUT2D eigenvalue weighted by Gasteiger charge is 2.21. The fourth-order valence-electron chi connectivity index (χ4n) is 7.80. The molecule has 0 amide bonds. The summed E-state index contributed by atoms with van der Waals surface area (Å²) in [6, 6.07) is 70.3. The molecule has 0 aliphatic rings. The zero-order valence-electron chi connectivity index (χ0n) is 27.4. The van der Waals surface area contributed by atoms with Crippen molar-refractivity contribution in [2.24, 2.45) is 0 Å². The van der Waals surface area contributed by atoms with Crippen molar-refractivity contribution in [1.82, 2.24) is 9.13 Å². The van der Waals surface area contributed by atoms with E-state index in [4.69, 9.17) is 0 Å². The molecule has 2 heteroatoms. The van der Waals surface area contributed by atoms with Crippen LogP contribution in [0.1, 0.15) is 0 Å². The van der Waals surface area contributed by atoms with Crippen LogP contribution in [-0.2, 0) is 0 Å². The van der Waals surface area contributed by atoms with Gasteiger partial charge in [0.05, 0.1) is 22.1 Å². The summed E-state index contributed by atoms with van der Waals surface area (Å²) in [6.07, 6.45) is 0. The van der Waals surface area contributed by atoms with Crippen LogP contribution in [0.5, 0.6) is 0 Å². The Kier molecular flexibility index (Phi) is 6.53. The van der Waals surface area contributed by atoms with Gasteiger partial charge in [-0.25, -0.2) is 0 Å². The molecule has 0 atom stereocenters. The molecule has 0 aliphatic heterocycles. The molecule has 0 spiro atoms. The summed E-state index contributed by atoms with van der Waals surface area (Å²) in [5.74, 6) is 0. The Morgan fingerprint density at radius 2 is 0.640 bits per heavy atom. The summed E-state index contributed by atoms with van der Waals surface area (Å²) in [5.41, 5.74) is 14.5. The van der Waals surface area contributed by atoms with Gasteiger partial charge in [-0.05, 0) is 81.9 Å². The Hall–Kier alpha value is -6.64. The summed E-state index contributed by atoms with van der Waals surface area (Å²) in [4.78, 5) is 0. The largest absolute Gasteiger partial charge is 0.309 e. The van der Waals surface area contributed by atoms with Crippen molar-refractivity contribution in [2.45, 2.75) is 0 Å². The van der Waals surface area contributed by atoms with Gasteiger partial charge in [0, 0.05) is 32.9 Å². The van der Waals surface area contributed by atoms with E-state index in [0.29, 0.717) is 0 Å². The molecule has 0 saturated carbocycles. The summed E-state index contributed by atoms with van der Waals surface area (Å²) in [5, 5.41) is 5.08. The third-order valence-electron chi connectivity index (χ3n) is 10.1. The van der Waals surface area contributed by atoms with Crippen molar-refractivity contribution in [2.75, 3.05) is 0 Å². The van der Waals surface area contributed by atoms with Crippen LogP contribution in [-0.4, -0.2) is 9.13 Å². The predicted molar refractivity (Wildman–Crippen MR) is 211 cm³/mol. The zero-order chi connectivity index (χ0) is 33.0. The molecule has 2 nitrogen and oxygen atoms in total. The standard InChI is InChI=1S/C48H32N2/c1-4-12-33(13-5-1)35-20-22-36(23-21-35)37-24-27-40(28-25-37)49-43-19-11-10-18-41(43)47-44(49)30-31-45-48(47)42-29-26-38(34-14-6-2-7-15-34)32-46(42)50(45)39-16-8-3-9-17-39/h1-32H. The average Bonchev–Trinajstić information content (AvgIpc) is 3.71. The van der Waals surface area contributed by atoms with Crippen LogP contribution in [0.2, 0.25) is 0 Å². The van der Waals surface area contributed by atoms with Crippen LogP contribution in [0.4, 0.5) is 0 Å². The Bertz CT molecular complexity index is 2810. The number of benzene rings is 8. The van der Waals surface area contributed by atoms with Crippen molar-refractivity contribution in [3.63, 3.8) is 0 Å². The molecule has 0 bridgehead atoms. The minimum absolute atomic E-state index is 1.15. The number of para-hydroxylation sites is 2. The normalized spacial score (nSPS) is 11.6. The van der Waals surface area contributed by atoms with Crippen molar-refractivity contribution < 1.29 is 0 Å². The summed E-state index contributed by atoms with van der Waals surface area (Å²) in [6.45, 7) is 0. The lowest BCUT2D eigenvalue weighted by Gasteiger charge is -2.11. The monoisotopic (exact) mass is 636 g/mol. The van der Waals surface area contributed by atoms with Gasteiger partial charge < -0.3 is 9.13 Å². The van der Waals surface area contributed by atoms with Crippen LogP contribution in [0.15, 0.2) is 194 Å². The van der Waals surface area contributed by atoms with Crippen LogP contribution in [0.25, 0.3) is 88.4 Å². The van der Waals surface area contributed by atoms with E-state index >= 15 is 0 Å². The van der Waals surface area contributed by atoms with Gasteiger partial charge in [0.1, 0.15) is 0 Å². The molecule has 0 saturated heterocycles. The van der Waals surface area contributed by atoms with E-state index in [2.05, 4.69) is 203 Å². The Labute approximate surface area is 290 Å². The topological polar surface area (TPSA) is 9.86 Å². The molecule has 2 aromatic heterocycles. The fraction of sp³-hybridized carbons (Fsp3) is 0. The van der Waals surface area contributed by atoms with Gasteiger partial charge in [-0.15, -0.1) is 0 Å². The highest BCUT2D eigenvalue weighted by atomic mass is 15.0. The van der Waals surface area contributed by atoms with Gasteiger partial charge in [0.15, 0.2) is 0 Å². The molecular formula is C48H32N2. The maximum absolute atomic E-state index is 2.43. The van der Waals surface area contributed by atoms with Crippen molar-refractivity contribution in [3.8, 4) is 44.8 Å². The minimum atomic E-state index is 1.15. The summed E-state index contributed by atoms with van der Waals surface area (Å²) in [7, 11) is 0. The maximum Gasteiger partial charge on any atom is 0.0548 e. The third kappa shape index (κ3) is 4.50. The molecule has 10 aromatic rings. The van der Waals surface area contributed by atoms with Gasteiger partial charge in [-0.2, -0.15) is 0 Å². The third-order valence-corrected chi connectivity index (χ3v) is 10.1. The molecule has 10 rings (SSSR count). The second-order valence-electron chi connectivity index (χ2n) is 13.0.